The van der Waals surface area contributed by atoms with Gasteiger partial charge in [0.2, 0.25) is 0 Å². The van der Waals surface area contributed by atoms with Crippen LogP contribution >= 0.6 is 0 Å². The van der Waals surface area contributed by atoms with Crippen LogP contribution in [-0.2, 0) is 6.54 Å². The summed E-state index contributed by atoms with van der Waals surface area (Å²) in [7, 11) is 0. The van der Waals surface area contributed by atoms with Gasteiger partial charge in [0, 0.05) is 6.54 Å². The maximum Gasteiger partial charge on any atom is 0.159 e. The average Bonchev–Trinajstić information content (AvgIpc) is 2.32. The SMILES string of the molecule is NCc1cc(F)ccc1-c1ccc(F)c(F)c1. The van der Waals surface area contributed by atoms with Crippen LogP contribution in [0.15, 0.2) is 36.4 Å². The molecule has 0 aromatic heterocycles. The number of halogens is 3. The van der Waals surface area contributed by atoms with Crippen molar-refractivity contribution in [1.82, 2.24) is 0 Å². The van der Waals surface area contributed by atoms with Crippen molar-refractivity contribution >= 4 is 0 Å². The largest absolute Gasteiger partial charge is 0.326 e. The molecule has 0 atom stereocenters. The predicted molar refractivity (Wildman–Crippen MR) is 59.6 cm³/mol. The lowest BCUT2D eigenvalue weighted by molar-refractivity contribution is 0.509. The van der Waals surface area contributed by atoms with E-state index in [1.54, 1.807) is 0 Å². The van der Waals surface area contributed by atoms with Crippen LogP contribution in [-0.4, -0.2) is 0 Å². The molecule has 0 radical (unpaired) electrons. The lowest BCUT2D eigenvalue weighted by Gasteiger charge is -2.08. The highest BCUT2D eigenvalue weighted by molar-refractivity contribution is 5.67. The first-order chi connectivity index (χ1) is 8.11. The molecule has 0 aliphatic heterocycles. The maximum atomic E-state index is 13.1. The van der Waals surface area contributed by atoms with Crippen LogP contribution in [0.2, 0.25) is 0 Å². The first-order valence-corrected chi connectivity index (χ1v) is 5.05. The molecule has 4 heteroatoms. The van der Waals surface area contributed by atoms with Gasteiger partial charge in [0.1, 0.15) is 5.82 Å². The van der Waals surface area contributed by atoms with Gasteiger partial charge in [-0.1, -0.05) is 12.1 Å². The lowest BCUT2D eigenvalue weighted by atomic mass is 9.99. The predicted octanol–water partition coefficient (Wildman–Crippen LogP) is 3.23. The lowest BCUT2D eigenvalue weighted by Crippen LogP contribution is -2.00. The minimum absolute atomic E-state index is 0.131. The molecule has 0 spiro atoms. The quantitative estimate of drug-likeness (QED) is 0.852. The Bertz CT molecular complexity index is 552. The van der Waals surface area contributed by atoms with Gasteiger partial charge in [-0.25, -0.2) is 13.2 Å². The molecule has 0 aliphatic carbocycles. The van der Waals surface area contributed by atoms with Crippen molar-refractivity contribution < 1.29 is 13.2 Å². The number of benzene rings is 2. The summed E-state index contributed by atoms with van der Waals surface area (Å²) in [5.41, 5.74) is 7.12. The molecule has 0 fully saturated rings. The van der Waals surface area contributed by atoms with Crippen molar-refractivity contribution in [3.63, 3.8) is 0 Å². The first kappa shape index (κ1) is 11.7. The summed E-state index contributed by atoms with van der Waals surface area (Å²) in [5, 5.41) is 0. The zero-order valence-electron chi connectivity index (χ0n) is 8.88. The molecule has 1 nitrogen and oxygen atoms in total. The number of hydrogen-bond donors (Lipinski definition) is 1. The summed E-state index contributed by atoms with van der Waals surface area (Å²) in [6.45, 7) is 0.131. The third-order valence-electron chi connectivity index (χ3n) is 2.52. The van der Waals surface area contributed by atoms with Crippen LogP contribution in [0.25, 0.3) is 11.1 Å². The van der Waals surface area contributed by atoms with Crippen molar-refractivity contribution in [2.45, 2.75) is 6.54 Å². The highest BCUT2D eigenvalue weighted by Crippen LogP contribution is 2.25. The normalized spacial score (nSPS) is 10.6. The van der Waals surface area contributed by atoms with E-state index < -0.39 is 17.5 Å². The van der Waals surface area contributed by atoms with Gasteiger partial charge in [-0.05, 0) is 41.0 Å². The minimum atomic E-state index is -0.935. The summed E-state index contributed by atoms with van der Waals surface area (Å²) in [4.78, 5) is 0. The van der Waals surface area contributed by atoms with Crippen molar-refractivity contribution in [2.24, 2.45) is 5.73 Å². The van der Waals surface area contributed by atoms with Crippen LogP contribution in [0.5, 0.6) is 0 Å². The summed E-state index contributed by atoms with van der Waals surface area (Å²) >= 11 is 0. The molecule has 2 aromatic rings. The van der Waals surface area contributed by atoms with E-state index in [0.717, 1.165) is 12.1 Å². The Morgan fingerprint density at radius 2 is 1.65 bits per heavy atom. The fraction of sp³-hybridized carbons (Fsp3) is 0.0769. The van der Waals surface area contributed by atoms with E-state index in [1.165, 1.54) is 24.3 Å². The molecular weight excluding hydrogens is 227 g/mol. The Morgan fingerprint density at radius 3 is 2.29 bits per heavy atom. The zero-order chi connectivity index (χ0) is 12.4. The third-order valence-corrected chi connectivity index (χ3v) is 2.52. The fourth-order valence-corrected chi connectivity index (χ4v) is 1.68. The molecule has 2 rings (SSSR count). The third kappa shape index (κ3) is 2.31. The van der Waals surface area contributed by atoms with E-state index in [2.05, 4.69) is 0 Å². The van der Waals surface area contributed by atoms with Gasteiger partial charge in [-0.15, -0.1) is 0 Å². The van der Waals surface area contributed by atoms with E-state index in [9.17, 15) is 13.2 Å². The molecule has 2 aromatic carbocycles. The summed E-state index contributed by atoms with van der Waals surface area (Å²) in [5.74, 6) is -2.25. The van der Waals surface area contributed by atoms with Crippen LogP contribution in [0.1, 0.15) is 5.56 Å². The fourth-order valence-electron chi connectivity index (χ4n) is 1.68. The molecule has 88 valence electrons. The summed E-state index contributed by atoms with van der Waals surface area (Å²) in [6.07, 6.45) is 0. The Labute approximate surface area is 96.7 Å². The highest BCUT2D eigenvalue weighted by atomic mass is 19.2. The molecule has 2 N–H and O–H groups in total. The first-order valence-electron chi connectivity index (χ1n) is 5.05. The van der Waals surface area contributed by atoms with E-state index >= 15 is 0 Å². The van der Waals surface area contributed by atoms with Crippen LogP contribution in [0.3, 0.4) is 0 Å². The Kier molecular flexibility index (Phi) is 3.15. The molecule has 0 saturated carbocycles. The average molecular weight is 237 g/mol. The number of hydrogen-bond acceptors (Lipinski definition) is 1. The molecule has 0 amide bonds. The van der Waals surface area contributed by atoms with Crippen molar-refractivity contribution in [2.75, 3.05) is 0 Å². The van der Waals surface area contributed by atoms with Gasteiger partial charge in [0.25, 0.3) is 0 Å². The summed E-state index contributed by atoms with van der Waals surface area (Å²) < 4.78 is 38.9. The molecule has 17 heavy (non-hydrogen) atoms. The Hall–Kier alpha value is -1.81. The smallest absolute Gasteiger partial charge is 0.159 e. The minimum Gasteiger partial charge on any atom is -0.326 e. The van der Waals surface area contributed by atoms with Gasteiger partial charge in [0.15, 0.2) is 11.6 Å². The second kappa shape index (κ2) is 4.59. The Morgan fingerprint density at radius 1 is 0.882 bits per heavy atom. The molecule has 0 aliphatic rings. The standard InChI is InChI=1S/C13H10F3N/c14-10-2-3-11(9(5-10)7-17)8-1-4-12(15)13(16)6-8/h1-6H,7,17H2. The second-order valence-corrected chi connectivity index (χ2v) is 3.63. The highest BCUT2D eigenvalue weighted by Gasteiger charge is 2.08. The van der Waals surface area contributed by atoms with Gasteiger partial charge >= 0.3 is 0 Å². The summed E-state index contributed by atoms with van der Waals surface area (Å²) in [6, 6.07) is 7.59. The van der Waals surface area contributed by atoms with Crippen LogP contribution in [0.4, 0.5) is 13.2 Å². The molecule has 0 saturated heterocycles. The molecule has 0 unspecified atom stereocenters. The van der Waals surface area contributed by atoms with Gasteiger partial charge in [-0.3, -0.25) is 0 Å². The molecule has 0 bridgehead atoms. The van der Waals surface area contributed by atoms with Crippen molar-refractivity contribution in [3.05, 3.63) is 59.4 Å². The van der Waals surface area contributed by atoms with Crippen LogP contribution in [0, 0.1) is 17.5 Å². The van der Waals surface area contributed by atoms with Crippen molar-refractivity contribution in [1.29, 1.82) is 0 Å². The van der Waals surface area contributed by atoms with E-state index in [1.807, 2.05) is 0 Å². The zero-order valence-corrected chi connectivity index (χ0v) is 8.88. The van der Waals surface area contributed by atoms with Crippen LogP contribution < -0.4 is 5.73 Å². The Balaban J connectivity index is 2.55. The van der Waals surface area contributed by atoms with Gasteiger partial charge < -0.3 is 5.73 Å². The number of nitrogens with two attached hydrogens (primary N) is 1. The van der Waals surface area contributed by atoms with E-state index in [4.69, 9.17) is 5.73 Å². The van der Waals surface area contributed by atoms with Crippen molar-refractivity contribution in [3.8, 4) is 11.1 Å². The van der Waals surface area contributed by atoms with E-state index in [-0.39, 0.29) is 6.54 Å². The monoisotopic (exact) mass is 237 g/mol. The van der Waals surface area contributed by atoms with Gasteiger partial charge in [0.05, 0.1) is 0 Å². The topological polar surface area (TPSA) is 26.0 Å². The molecular formula is C13H10F3N. The van der Waals surface area contributed by atoms with E-state index in [0.29, 0.717) is 16.7 Å². The maximum absolute atomic E-state index is 13.1. The van der Waals surface area contributed by atoms with Gasteiger partial charge in [-0.2, -0.15) is 0 Å². The number of rotatable bonds is 2. The molecule has 0 heterocycles. The second-order valence-electron chi connectivity index (χ2n) is 3.63.